The molecule has 1 saturated carbocycles. The number of benzene rings is 1. The largest absolute Gasteiger partial charge is 0.426 e. The summed E-state index contributed by atoms with van der Waals surface area (Å²) in [6.45, 7) is 4.51. The third-order valence-electron chi connectivity index (χ3n) is 5.35. The number of esters is 1. The highest BCUT2D eigenvalue weighted by molar-refractivity contribution is 5.76. The molecule has 1 aromatic rings. The minimum atomic E-state index is -0.355. The summed E-state index contributed by atoms with van der Waals surface area (Å²) in [6, 6.07) is 4.69. The Labute approximate surface area is 149 Å². The smallest absolute Gasteiger partial charge is 0.313 e. The molecule has 0 saturated heterocycles. The topological polar surface area (TPSA) is 29.5 Å². The predicted octanol–water partition coefficient (Wildman–Crippen LogP) is 4.38. The molecule has 0 aliphatic heterocycles. The fourth-order valence-corrected chi connectivity index (χ4v) is 4.17. The number of halogens is 1. The summed E-state index contributed by atoms with van der Waals surface area (Å²) in [7, 11) is 4.17. The summed E-state index contributed by atoms with van der Waals surface area (Å²) in [4.78, 5) is 14.1. The summed E-state index contributed by atoms with van der Waals surface area (Å²) in [5, 5.41) is 0. The normalized spacial score (nSPS) is 25.4. The fourth-order valence-electron chi connectivity index (χ4n) is 4.17. The van der Waals surface area contributed by atoms with Crippen LogP contribution in [0.15, 0.2) is 24.3 Å². The van der Waals surface area contributed by atoms with E-state index in [1.54, 1.807) is 19.9 Å². The molecule has 2 bridgehead atoms. The highest BCUT2D eigenvalue weighted by atomic mass is 19.1. The number of hydrogen-bond donors (Lipinski definition) is 0. The highest BCUT2D eigenvalue weighted by Gasteiger charge is 2.37. The molecule has 3 atom stereocenters. The second kappa shape index (κ2) is 7.28. The third kappa shape index (κ3) is 4.12. The quantitative estimate of drug-likeness (QED) is 0.586. The minimum absolute atomic E-state index is 0.238. The molecule has 0 heterocycles. The van der Waals surface area contributed by atoms with E-state index in [-0.39, 0.29) is 17.7 Å². The molecule has 0 spiro atoms. The molecule has 136 valence electrons. The Morgan fingerprint density at radius 1 is 1.28 bits per heavy atom. The average Bonchev–Trinajstić information content (AvgIpc) is 2.91. The molecule has 0 N–H and O–H groups in total. The minimum Gasteiger partial charge on any atom is -0.426 e. The summed E-state index contributed by atoms with van der Waals surface area (Å²) < 4.78 is 19.6. The van der Waals surface area contributed by atoms with Gasteiger partial charge in [0.15, 0.2) is 0 Å². The van der Waals surface area contributed by atoms with Gasteiger partial charge in [-0.15, -0.1) is 0 Å². The summed E-state index contributed by atoms with van der Waals surface area (Å²) in [5.41, 5.74) is 2.07. The van der Waals surface area contributed by atoms with Crippen molar-refractivity contribution in [3.05, 3.63) is 35.7 Å². The number of carbonyl (C=O) groups excluding carboxylic acids is 1. The lowest BCUT2D eigenvalue weighted by molar-refractivity contribution is -0.137. The first-order chi connectivity index (χ1) is 11.8. The SMILES string of the molecule is CC(C)C(=O)Oc1cc(F)cc(C2=CC3CCC(C3)[C@@H]2CN(C)C)c1. The number of nitrogens with zero attached hydrogens (tertiary/aromatic N) is 1. The van der Waals surface area contributed by atoms with Gasteiger partial charge in [-0.3, -0.25) is 4.79 Å². The number of carbonyl (C=O) groups is 1. The van der Waals surface area contributed by atoms with Gasteiger partial charge in [-0.1, -0.05) is 19.9 Å². The van der Waals surface area contributed by atoms with Crippen molar-refractivity contribution in [2.45, 2.75) is 33.1 Å². The molecule has 1 aromatic carbocycles. The van der Waals surface area contributed by atoms with Crippen molar-refractivity contribution in [1.82, 2.24) is 4.90 Å². The number of fused-ring (bicyclic) bond motifs is 2. The molecular formula is C21H28FNO2. The first kappa shape index (κ1) is 18.1. The lowest BCUT2D eigenvalue weighted by Crippen LogP contribution is -2.29. The van der Waals surface area contributed by atoms with Gasteiger partial charge in [0.25, 0.3) is 0 Å². The Kier molecular flexibility index (Phi) is 5.28. The van der Waals surface area contributed by atoms with Crippen LogP contribution in [-0.4, -0.2) is 31.5 Å². The van der Waals surface area contributed by atoms with E-state index < -0.39 is 0 Å². The van der Waals surface area contributed by atoms with Crippen molar-refractivity contribution in [2.75, 3.05) is 20.6 Å². The van der Waals surface area contributed by atoms with E-state index in [4.69, 9.17) is 4.74 Å². The van der Waals surface area contributed by atoms with Gasteiger partial charge in [-0.2, -0.15) is 0 Å². The van der Waals surface area contributed by atoms with E-state index >= 15 is 0 Å². The van der Waals surface area contributed by atoms with Crippen LogP contribution in [0.3, 0.4) is 0 Å². The number of rotatable bonds is 5. The maximum Gasteiger partial charge on any atom is 0.313 e. The summed E-state index contributed by atoms with van der Waals surface area (Å²) in [5.74, 6) is 1.05. The van der Waals surface area contributed by atoms with Gasteiger partial charge in [0.05, 0.1) is 5.92 Å². The Morgan fingerprint density at radius 3 is 2.72 bits per heavy atom. The predicted molar refractivity (Wildman–Crippen MR) is 97.7 cm³/mol. The van der Waals surface area contributed by atoms with Crippen LogP contribution in [0.5, 0.6) is 5.75 Å². The lowest BCUT2D eigenvalue weighted by atomic mass is 9.76. The molecule has 4 heteroatoms. The Hall–Kier alpha value is -1.68. The fraction of sp³-hybridized carbons (Fsp3) is 0.571. The molecule has 0 amide bonds. The van der Waals surface area contributed by atoms with E-state index in [1.165, 1.54) is 30.9 Å². The zero-order valence-corrected chi connectivity index (χ0v) is 15.6. The monoisotopic (exact) mass is 345 g/mol. The molecule has 0 radical (unpaired) electrons. The van der Waals surface area contributed by atoms with Crippen LogP contribution >= 0.6 is 0 Å². The lowest BCUT2D eigenvalue weighted by Gasteiger charge is -2.33. The van der Waals surface area contributed by atoms with Gasteiger partial charge in [-0.05, 0) is 74.4 Å². The Bertz CT molecular complexity index is 680. The van der Waals surface area contributed by atoms with Crippen LogP contribution < -0.4 is 4.74 Å². The van der Waals surface area contributed by atoms with Crippen LogP contribution in [0.1, 0.15) is 38.7 Å². The molecule has 25 heavy (non-hydrogen) atoms. The molecule has 3 rings (SSSR count). The van der Waals surface area contributed by atoms with Gasteiger partial charge in [0.2, 0.25) is 0 Å². The molecule has 2 aliphatic rings. The molecule has 1 fully saturated rings. The van der Waals surface area contributed by atoms with E-state index in [1.807, 2.05) is 6.07 Å². The summed E-state index contributed by atoms with van der Waals surface area (Å²) >= 11 is 0. The Balaban J connectivity index is 1.93. The standard InChI is InChI=1S/C21H28FNO2/c1-13(2)21(24)25-18-10-16(9-17(22)11-18)19-8-14-5-6-15(7-14)20(19)12-23(3)4/h8-11,13-15,20H,5-7,12H2,1-4H3/t14?,15?,20-/m0/s1. The first-order valence-electron chi connectivity index (χ1n) is 9.22. The molecule has 2 aliphatic carbocycles. The Morgan fingerprint density at radius 2 is 2.04 bits per heavy atom. The number of ether oxygens (including phenoxy) is 1. The van der Waals surface area contributed by atoms with Gasteiger partial charge in [-0.25, -0.2) is 4.39 Å². The number of hydrogen-bond acceptors (Lipinski definition) is 3. The average molecular weight is 345 g/mol. The van der Waals surface area contributed by atoms with Crippen molar-refractivity contribution in [1.29, 1.82) is 0 Å². The van der Waals surface area contributed by atoms with Crippen molar-refractivity contribution in [2.24, 2.45) is 23.7 Å². The van der Waals surface area contributed by atoms with E-state index in [0.29, 0.717) is 23.5 Å². The van der Waals surface area contributed by atoms with Gasteiger partial charge in [0.1, 0.15) is 11.6 Å². The van der Waals surface area contributed by atoms with Crippen molar-refractivity contribution >= 4 is 11.5 Å². The molecule has 2 unspecified atom stereocenters. The van der Waals surface area contributed by atoms with Crippen LogP contribution in [0.4, 0.5) is 4.39 Å². The summed E-state index contributed by atoms with van der Waals surface area (Å²) in [6.07, 6.45) is 6.04. The van der Waals surface area contributed by atoms with Crippen molar-refractivity contribution in [3.63, 3.8) is 0 Å². The van der Waals surface area contributed by atoms with Gasteiger partial charge < -0.3 is 9.64 Å². The van der Waals surface area contributed by atoms with Gasteiger partial charge in [0, 0.05) is 12.6 Å². The molecule has 0 aromatic heterocycles. The first-order valence-corrected chi connectivity index (χ1v) is 9.22. The molecule has 3 nitrogen and oxygen atoms in total. The van der Waals surface area contributed by atoms with Crippen LogP contribution in [0, 0.1) is 29.5 Å². The van der Waals surface area contributed by atoms with Crippen LogP contribution in [0.25, 0.3) is 5.57 Å². The third-order valence-corrected chi connectivity index (χ3v) is 5.35. The zero-order valence-electron chi connectivity index (χ0n) is 15.6. The van der Waals surface area contributed by atoms with Crippen LogP contribution in [0.2, 0.25) is 0 Å². The van der Waals surface area contributed by atoms with Gasteiger partial charge >= 0.3 is 5.97 Å². The molecular weight excluding hydrogens is 317 g/mol. The maximum atomic E-state index is 14.2. The van der Waals surface area contributed by atoms with E-state index in [9.17, 15) is 9.18 Å². The van der Waals surface area contributed by atoms with E-state index in [2.05, 4.69) is 25.1 Å². The maximum absolute atomic E-state index is 14.2. The number of allylic oxidation sites excluding steroid dienone is 1. The van der Waals surface area contributed by atoms with Crippen molar-refractivity contribution in [3.8, 4) is 5.75 Å². The zero-order chi connectivity index (χ0) is 18.1. The van der Waals surface area contributed by atoms with Crippen molar-refractivity contribution < 1.29 is 13.9 Å². The van der Waals surface area contributed by atoms with Crippen LogP contribution in [-0.2, 0) is 4.79 Å². The highest BCUT2D eigenvalue weighted by Crippen LogP contribution is 2.48. The second-order valence-electron chi connectivity index (χ2n) is 8.08. The second-order valence-corrected chi connectivity index (χ2v) is 8.08. The van der Waals surface area contributed by atoms with E-state index in [0.717, 1.165) is 12.1 Å².